The van der Waals surface area contributed by atoms with Crippen molar-refractivity contribution in [3.8, 4) is 5.75 Å². The Hall–Kier alpha value is -3.02. The third-order valence-corrected chi connectivity index (χ3v) is 3.72. The predicted octanol–water partition coefficient (Wildman–Crippen LogP) is 2.06. The van der Waals surface area contributed by atoms with Crippen molar-refractivity contribution < 1.29 is 14.3 Å². The maximum atomic E-state index is 11.9. The average Bonchev–Trinajstić information content (AvgIpc) is 2.62. The Labute approximate surface area is 147 Å². The van der Waals surface area contributed by atoms with E-state index in [0.29, 0.717) is 18.7 Å². The second kappa shape index (κ2) is 8.73. The zero-order valence-electron chi connectivity index (χ0n) is 14.7. The second-order valence-corrected chi connectivity index (χ2v) is 5.71. The number of nitrogens with zero attached hydrogens (tertiary/aromatic N) is 1. The van der Waals surface area contributed by atoms with Crippen molar-refractivity contribution in [1.82, 2.24) is 5.32 Å². The minimum absolute atomic E-state index is 0.353. The molecule has 0 saturated carbocycles. The number of carbonyl (C=O) groups is 2. The highest BCUT2D eigenvalue weighted by atomic mass is 16.5. The molecule has 2 amide bonds. The van der Waals surface area contributed by atoms with E-state index in [4.69, 9.17) is 4.74 Å². The number of rotatable bonds is 6. The van der Waals surface area contributed by atoms with Crippen molar-refractivity contribution in [2.75, 3.05) is 38.0 Å². The Morgan fingerprint density at radius 2 is 1.68 bits per heavy atom. The number of benzene rings is 2. The molecule has 0 fully saturated rings. The Kier molecular flexibility index (Phi) is 6.39. The van der Waals surface area contributed by atoms with Crippen molar-refractivity contribution in [3.05, 3.63) is 54.1 Å². The summed E-state index contributed by atoms with van der Waals surface area (Å²) in [5, 5.41) is 5.20. The maximum absolute atomic E-state index is 11.9. The Morgan fingerprint density at radius 3 is 2.32 bits per heavy atom. The summed E-state index contributed by atoms with van der Waals surface area (Å²) in [4.78, 5) is 25.8. The Balaban J connectivity index is 1.83. The van der Waals surface area contributed by atoms with Crippen LogP contribution in [0, 0.1) is 0 Å². The van der Waals surface area contributed by atoms with Crippen molar-refractivity contribution in [2.24, 2.45) is 0 Å². The van der Waals surface area contributed by atoms with Gasteiger partial charge in [0.15, 0.2) is 0 Å². The van der Waals surface area contributed by atoms with Crippen LogP contribution in [0.3, 0.4) is 0 Å². The summed E-state index contributed by atoms with van der Waals surface area (Å²) in [6.45, 7) is 0.353. The first-order valence-electron chi connectivity index (χ1n) is 7.99. The average molecular weight is 341 g/mol. The van der Waals surface area contributed by atoms with Gasteiger partial charge in [0.2, 0.25) is 0 Å². The molecule has 0 bridgehead atoms. The SMILES string of the molecule is COc1ccccc1CCNC(=O)C(=O)Nc1ccc(N(C)C)cc1. The van der Waals surface area contributed by atoms with Gasteiger partial charge in [-0.3, -0.25) is 9.59 Å². The molecule has 2 rings (SSSR count). The molecule has 0 spiro atoms. The van der Waals surface area contributed by atoms with E-state index in [1.165, 1.54) is 0 Å². The summed E-state index contributed by atoms with van der Waals surface area (Å²) >= 11 is 0. The van der Waals surface area contributed by atoms with Crippen LogP contribution in [0.25, 0.3) is 0 Å². The molecule has 6 nitrogen and oxygen atoms in total. The lowest BCUT2D eigenvalue weighted by atomic mass is 10.1. The molecule has 0 heterocycles. The van der Waals surface area contributed by atoms with Crippen molar-refractivity contribution >= 4 is 23.2 Å². The molecule has 0 aliphatic heterocycles. The van der Waals surface area contributed by atoms with Crippen LogP contribution in [0.15, 0.2) is 48.5 Å². The van der Waals surface area contributed by atoms with Gasteiger partial charge in [-0.2, -0.15) is 0 Å². The molecule has 0 aliphatic carbocycles. The summed E-state index contributed by atoms with van der Waals surface area (Å²) in [6.07, 6.45) is 0.584. The van der Waals surface area contributed by atoms with Crippen LogP contribution in [-0.2, 0) is 16.0 Å². The van der Waals surface area contributed by atoms with E-state index < -0.39 is 11.8 Å². The fourth-order valence-corrected chi connectivity index (χ4v) is 2.33. The van der Waals surface area contributed by atoms with Gasteiger partial charge in [-0.1, -0.05) is 18.2 Å². The first-order chi connectivity index (χ1) is 12.0. The predicted molar refractivity (Wildman–Crippen MR) is 99.1 cm³/mol. The summed E-state index contributed by atoms with van der Waals surface area (Å²) in [5.41, 5.74) is 2.57. The van der Waals surface area contributed by atoms with E-state index in [2.05, 4.69) is 10.6 Å². The number of nitrogens with one attached hydrogen (secondary N) is 2. The van der Waals surface area contributed by atoms with Gasteiger partial charge < -0.3 is 20.3 Å². The maximum Gasteiger partial charge on any atom is 0.313 e. The van der Waals surface area contributed by atoms with Gasteiger partial charge in [0.05, 0.1) is 7.11 Å². The number of ether oxygens (including phenoxy) is 1. The fourth-order valence-electron chi connectivity index (χ4n) is 2.33. The third-order valence-electron chi connectivity index (χ3n) is 3.72. The molecule has 0 atom stereocenters. The quantitative estimate of drug-likeness (QED) is 0.789. The van der Waals surface area contributed by atoms with Crippen LogP contribution in [0.1, 0.15) is 5.56 Å². The first kappa shape index (κ1) is 18.3. The van der Waals surface area contributed by atoms with E-state index >= 15 is 0 Å². The zero-order chi connectivity index (χ0) is 18.2. The molecule has 0 aliphatic rings. The van der Waals surface area contributed by atoms with E-state index in [1.54, 1.807) is 19.2 Å². The topological polar surface area (TPSA) is 70.7 Å². The molecule has 0 saturated heterocycles. The third kappa shape index (κ3) is 5.24. The molecular weight excluding hydrogens is 318 g/mol. The van der Waals surface area contributed by atoms with Gasteiger partial charge in [-0.25, -0.2) is 0 Å². The van der Waals surface area contributed by atoms with Crippen LogP contribution in [0.2, 0.25) is 0 Å². The summed E-state index contributed by atoms with van der Waals surface area (Å²) in [6, 6.07) is 14.8. The first-order valence-corrected chi connectivity index (χ1v) is 7.99. The minimum Gasteiger partial charge on any atom is -0.496 e. The normalized spacial score (nSPS) is 10.0. The molecule has 0 unspecified atom stereocenters. The molecule has 25 heavy (non-hydrogen) atoms. The van der Waals surface area contributed by atoms with E-state index in [1.807, 2.05) is 55.4 Å². The van der Waals surface area contributed by atoms with Crippen LogP contribution in [0.4, 0.5) is 11.4 Å². The highest BCUT2D eigenvalue weighted by molar-refractivity contribution is 6.39. The van der Waals surface area contributed by atoms with Crippen LogP contribution in [-0.4, -0.2) is 39.6 Å². The number of amides is 2. The smallest absolute Gasteiger partial charge is 0.313 e. The Morgan fingerprint density at radius 1 is 1.00 bits per heavy atom. The van der Waals surface area contributed by atoms with Gasteiger partial charge in [-0.15, -0.1) is 0 Å². The van der Waals surface area contributed by atoms with Crippen LogP contribution < -0.4 is 20.3 Å². The zero-order valence-corrected chi connectivity index (χ0v) is 14.7. The molecule has 2 N–H and O–H groups in total. The number of anilines is 2. The number of hydrogen-bond donors (Lipinski definition) is 2. The molecule has 132 valence electrons. The van der Waals surface area contributed by atoms with Gasteiger partial charge in [0.25, 0.3) is 0 Å². The molecule has 6 heteroatoms. The lowest BCUT2D eigenvalue weighted by Gasteiger charge is -2.13. The molecule has 2 aromatic rings. The standard InChI is InChI=1S/C19H23N3O3/c1-22(2)16-10-8-15(9-11-16)21-19(24)18(23)20-13-12-14-6-4-5-7-17(14)25-3/h4-11H,12-13H2,1-3H3,(H,20,23)(H,21,24). The highest BCUT2D eigenvalue weighted by Crippen LogP contribution is 2.17. The lowest BCUT2D eigenvalue weighted by Crippen LogP contribution is -2.36. The molecule has 2 aromatic carbocycles. The molecule has 0 radical (unpaired) electrons. The monoisotopic (exact) mass is 341 g/mol. The summed E-state index contributed by atoms with van der Waals surface area (Å²) in [5.74, 6) is -0.577. The van der Waals surface area contributed by atoms with Crippen molar-refractivity contribution in [2.45, 2.75) is 6.42 Å². The van der Waals surface area contributed by atoms with Crippen LogP contribution in [0.5, 0.6) is 5.75 Å². The van der Waals surface area contributed by atoms with Crippen molar-refractivity contribution in [1.29, 1.82) is 0 Å². The largest absolute Gasteiger partial charge is 0.496 e. The summed E-state index contributed by atoms with van der Waals surface area (Å²) < 4.78 is 5.26. The lowest BCUT2D eigenvalue weighted by molar-refractivity contribution is -0.136. The highest BCUT2D eigenvalue weighted by Gasteiger charge is 2.13. The number of para-hydroxylation sites is 1. The Bertz CT molecular complexity index is 727. The fraction of sp³-hybridized carbons (Fsp3) is 0.263. The van der Waals surface area contributed by atoms with E-state index in [0.717, 1.165) is 17.0 Å². The molecule has 0 aromatic heterocycles. The van der Waals surface area contributed by atoms with Crippen molar-refractivity contribution in [3.63, 3.8) is 0 Å². The van der Waals surface area contributed by atoms with Crippen LogP contribution >= 0.6 is 0 Å². The van der Waals surface area contributed by atoms with Gasteiger partial charge in [-0.05, 0) is 42.3 Å². The van der Waals surface area contributed by atoms with E-state index in [9.17, 15) is 9.59 Å². The second-order valence-electron chi connectivity index (χ2n) is 5.71. The van der Waals surface area contributed by atoms with E-state index in [-0.39, 0.29) is 0 Å². The van der Waals surface area contributed by atoms with Gasteiger partial charge >= 0.3 is 11.8 Å². The molecular formula is C19H23N3O3. The minimum atomic E-state index is -0.683. The number of hydrogen-bond acceptors (Lipinski definition) is 4. The number of methoxy groups -OCH3 is 1. The van der Waals surface area contributed by atoms with Gasteiger partial charge in [0.1, 0.15) is 5.75 Å². The number of carbonyl (C=O) groups excluding carboxylic acids is 2. The van der Waals surface area contributed by atoms with Gasteiger partial charge in [0, 0.05) is 32.0 Å². The summed E-state index contributed by atoms with van der Waals surface area (Å²) in [7, 11) is 5.47.